The predicted molar refractivity (Wildman–Crippen MR) is 526 cm³/mol. The van der Waals surface area contributed by atoms with Gasteiger partial charge in [-0.2, -0.15) is 0 Å². The van der Waals surface area contributed by atoms with E-state index in [1.54, 1.807) is 30.3 Å². The first-order valence-electron chi connectivity index (χ1n) is 42.9. The van der Waals surface area contributed by atoms with E-state index in [2.05, 4.69) is 73.2 Å². The van der Waals surface area contributed by atoms with Crippen molar-refractivity contribution in [2.24, 2.45) is 0 Å². The fourth-order valence-corrected chi connectivity index (χ4v) is 17.0. The van der Waals surface area contributed by atoms with Gasteiger partial charge in [0.25, 0.3) is 11.4 Å². The van der Waals surface area contributed by atoms with Crippen LogP contribution in [0.1, 0.15) is 94.2 Å². The van der Waals surface area contributed by atoms with E-state index >= 15 is 0 Å². The summed E-state index contributed by atoms with van der Waals surface area (Å²) in [6.45, 7) is 24.4. The number of fused-ring (bicyclic) bond motifs is 17. The number of hydrogen-bond donors (Lipinski definition) is 1. The molecule has 0 amide bonds. The Morgan fingerprint density at radius 1 is 0.313 bits per heavy atom. The molecule has 9 heterocycles. The van der Waals surface area contributed by atoms with Crippen LogP contribution >= 0.6 is 66.7 Å². The maximum Gasteiger partial charge on any atom is 0.494 e. The van der Waals surface area contributed by atoms with Gasteiger partial charge in [-0.05, 0) is 309 Å². The van der Waals surface area contributed by atoms with Crippen molar-refractivity contribution in [3.8, 4) is 137 Å². The third-order valence-corrected chi connectivity index (χ3v) is 26.5. The van der Waals surface area contributed by atoms with Gasteiger partial charge in [-0.15, -0.1) is 0 Å². The lowest BCUT2D eigenvalue weighted by atomic mass is 9.49. The average Bonchev–Trinajstić information content (AvgIpc) is 1.58. The number of nitro benzene ring substituents is 2. The van der Waals surface area contributed by atoms with Gasteiger partial charge in [0.2, 0.25) is 0 Å². The summed E-state index contributed by atoms with van der Waals surface area (Å²) in [6, 6.07) is 85.9. The minimum Gasteiger partial charge on any atom is -0.450 e. The molecule has 0 saturated carbocycles. The first-order valence-corrected chi connectivity index (χ1v) is 45.6. The molecular formula is C103H85B3Br2Cl3N3O20. The molecule has 14 aromatic carbocycles. The largest absolute Gasteiger partial charge is 0.494 e. The molecule has 1 N–H and O–H groups in total. The highest BCUT2D eigenvalue weighted by molar-refractivity contribution is 9.10. The highest BCUT2D eigenvalue weighted by Gasteiger charge is 2.64. The topological polar surface area (TPSA) is 250 Å². The molecule has 0 unspecified atom stereocenters. The number of rotatable bonds is 5. The second kappa shape index (κ2) is 36.7. The zero-order valence-electron chi connectivity index (χ0n) is 74.4. The van der Waals surface area contributed by atoms with Crippen LogP contribution in [0.2, 0.25) is 15.1 Å². The SMILES string of the molecule is Brc1ccc2c(c1)Oc1ccccc1O2.CC1(C)OB(B2OC(C)(C)C(C)(C)O2)OC1(C)C.CC1(C)OB(c2ccc3c(c2)Oc2ccccc2O3)OC1(C)C.Clc1ccc2c(c1)-c1cc3c(cc1C2)Oc1ccccc1O3.O=[N+]([O-])c1ccc(Cl)cc1-c1ccc2c(c1)Oc1ccccc1O2.O=[N+]([O-])c1ccc(Cl)cc1Br.c1ccc2c(c1)Oc1ccc3c([nH]c4ccccc43)c1O2. The van der Waals surface area contributed by atoms with Gasteiger partial charge in [0, 0.05) is 48.0 Å². The second-order valence-corrected chi connectivity index (χ2v) is 38.3. The van der Waals surface area contributed by atoms with Gasteiger partial charge in [-0.3, -0.25) is 20.2 Å². The molecule has 1 aromatic heterocycles. The van der Waals surface area contributed by atoms with Crippen molar-refractivity contribution >= 4 is 126 Å². The molecular weight excluding hydrogens is 1900 g/mol. The molecule has 31 heteroatoms. The van der Waals surface area contributed by atoms with E-state index in [1.807, 2.05) is 265 Å². The average molecular weight is 1980 g/mol. The maximum absolute atomic E-state index is 11.3. The van der Waals surface area contributed by atoms with Gasteiger partial charge in [-0.25, -0.2) is 0 Å². The van der Waals surface area contributed by atoms with Crippen LogP contribution in [0.3, 0.4) is 0 Å². The number of nitro groups is 2. The molecule has 0 atom stereocenters. The number of aromatic amines is 1. The first-order chi connectivity index (χ1) is 64.0. The quantitative estimate of drug-likeness (QED) is 0.0955. The Hall–Kier alpha value is -12.5. The van der Waals surface area contributed by atoms with Crippen molar-refractivity contribution in [1.29, 1.82) is 0 Å². The molecule has 0 spiro atoms. The van der Waals surface area contributed by atoms with E-state index in [0.29, 0.717) is 65.9 Å². The number of para-hydroxylation sites is 11. The molecule has 3 fully saturated rings. The predicted octanol–water partition coefficient (Wildman–Crippen LogP) is 30.3. The Morgan fingerprint density at radius 2 is 0.672 bits per heavy atom. The maximum atomic E-state index is 11.3. The van der Waals surface area contributed by atoms with Gasteiger partial charge in [-0.1, -0.05) is 148 Å². The normalized spacial score (nSPS) is 16.2. The van der Waals surface area contributed by atoms with Gasteiger partial charge >= 0.3 is 21.1 Å². The lowest BCUT2D eigenvalue weighted by molar-refractivity contribution is -0.385. The molecule has 15 aromatic rings. The van der Waals surface area contributed by atoms with Gasteiger partial charge in [0.05, 0.1) is 59.0 Å². The van der Waals surface area contributed by atoms with Crippen LogP contribution in [0.4, 0.5) is 11.4 Å². The summed E-state index contributed by atoms with van der Waals surface area (Å²) in [7, 11) is -1.36. The number of nitrogens with zero attached hydrogens (tertiary/aromatic N) is 2. The third-order valence-electron chi connectivity index (χ3n) is 24.6. The van der Waals surface area contributed by atoms with E-state index in [0.717, 1.165) is 113 Å². The zero-order chi connectivity index (χ0) is 94.1. The van der Waals surface area contributed by atoms with Crippen molar-refractivity contribution in [1.82, 2.24) is 4.98 Å². The number of aromatic nitrogens is 1. The number of halogens is 5. The molecule has 0 bridgehead atoms. The molecule has 8 aliphatic heterocycles. The minimum atomic E-state index is -0.476. The monoisotopic (exact) mass is 1980 g/mol. The Labute approximate surface area is 805 Å². The fourth-order valence-electron chi connectivity index (χ4n) is 15.5. The van der Waals surface area contributed by atoms with Crippen LogP contribution in [-0.4, -0.2) is 69.6 Å². The van der Waals surface area contributed by atoms with Crippen LogP contribution in [0, 0.1) is 20.2 Å². The molecule has 676 valence electrons. The van der Waals surface area contributed by atoms with Crippen LogP contribution in [-0.2, 0) is 34.3 Å². The summed E-state index contributed by atoms with van der Waals surface area (Å²) in [4.78, 5) is 24.1. The van der Waals surface area contributed by atoms with Crippen molar-refractivity contribution in [3.63, 3.8) is 0 Å². The number of ether oxygens (including phenoxy) is 10. The Balaban J connectivity index is 0.000000106. The van der Waals surface area contributed by atoms with E-state index in [-0.39, 0.29) is 45.0 Å². The summed E-state index contributed by atoms with van der Waals surface area (Å²) in [5.74, 6) is 14.1. The van der Waals surface area contributed by atoms with Gasteiger partial charge < -0.3 is 80.3 Å². The minimum absolute atomic E-state index is 0.0172. The molecule has 134 heavy (non-hydrogen) atoms. The van der Waals surface area contributed by atoms with E-state index in [1.165, 1.54) is 58.0 Å². The molecule has 24 rings (SSSR count). The summed E-state index contributed by atoms with van der Waals surface area (Å²) in [5, 5.41) is 25.5. The van der Waals surface area contributed by atoms with Crippen molar-refractivity contribution in [3.05, 3.63) is 334 Å². The van der Waals surface area contributed by atoms with E-state index < -0.39 is 31.0 Å². The third kappa shape index (κ3) is 18.9. The van der Waals surface area contributed by atoms with Gasteiger partial charge in [0.15, 0.2) is 115 Å². The first kappa shape index (κ1) is 91.9. The summed E-state index contributed by atoms with van der Waals surface area (Å²) < 4.78 is 96.2. The van der Waals surface area contributed by atoms with Gasteiger partial charge in [0.1, 0.15) is 0 Å². The van der Waals surface area contributed by atoms with Crippen molar-refractivity contribution < 1.29 is 85.1 Å². The van der Waals surface area contributed by atoms with Crippen molar-refractivity contribution in [2.45, 2.75) is 123 Å². The number of benzene rings is 14. The Morgan fingerprint density at radius 3 is 1.16 bits per heavy atom. The highest BCUT2D eigenvalue weighted by Crippen LogP contribution is 2.55. The van der Waals surface area contributed by atoms with Crippen LogP contribution in [0.25, 0.3) is 44.1 Å². The Kier molecular flexibility index (Phi) is 25.2. The summed E-state index contributed by atoms with van der Waals surface area (Å²) in [5.41, 5.74) is 6.80. The fraction of sp³-hybridized carbons (Fsp3) is 0.184. The molecule has 9 aliphatic rings. The second-order valence-electron chi connectivity index (χ2n) is 35.2. The molecule has 1 aliphatic carbocycles. The van der Waals surface area contributed by atoms with Crippen LogP contribution in [0.5, 0.6) is 115 Å². The smallest absolute Gasteiger partial charge is 0.450 e. The molecule has 0 radical (unpaired) electrons. The summed E-state index contributed by atoms with van der Waals surface area (Å²) >= 11 is 24.1. The van der Waals surface area contributed by atoms with Crippen molar-refractivity contribution in [2.75, 3.05) is 0 Å². The summed E-state index contributed by atoms with van der Waals surface area (Å²) in [6.07, 6.45) is 0.903. The van der Waals surface area contributed by atoms with Crippen LogP contribution < -0.4 is 52.8 Å². The highest BCUT2D eigenvalue weighted by atomic mass is 79.9. The van der Waals surface area contributed by atoms with E-state index in [9.17, 15) is 20.2 Å². The number of H-pyrrole nitrogens is 1. The zero-order valence-corrected chi connectivity index (χ0v) is 79.9. The molecule has 3 saturated heterocycles. The number of nitrogens with one attached hydrogen (secondary N) is 1. The van der Waals surface area contributed by atoms with Crippen LogP contribution in [0.15, 0.2) is 288 Å². The lowest BCUT2D eigenvalue weighted by Gasteiger charge is -2.32. The number of hydrogen-bond acceptors (Lipinski definition) is 20. The van der Waals surface area contributed by atoms with E-state index in [4.69, 9.17) is 110 Å². The lowest BCUT2D eigenvalue weighted by Crippen LogP contribution is -2.41. The molecule has 23 nitrogen and oxygen atoms in total. The standard InChI is InChI=1S/C19H11ClO2.C18H19BO4.C18H10ClNO4.C18H11NO2.C12H24B2O4.C12H7BrO2.C6H3BrClNO2/c20-13-6-5-11-7-12-8-18-19(10-15(12)14(11)9-13)22-17-4-2-1-3-16(17)21-18;1-17(2)18(3,4)23-19(22-17)12-9-10-15-16(11-12)21-14-8-6-5-7-13(14)20-15;19-12-6-7-14(20(21)22)13(10-12)11-5-8-17-18(9-11)24-16-4-2-1-3-15(16)23-17;1-2-6-13-11(5-1)12-9-10-16-18(17(12)19-13)21-15-8-4-3-7-14(15)20-16;1-9(2)10(3,4)16-13(15-9)14-17-11(5,6)12(7,8)18-14;13-8-5-6-11-12(7-8)15-10-4-2-1-3-9(10)14-11;7-5-3-4(8)1-2-6(5)9(10)11/h1-6,8-10H,7H2;5-11H,1-4H3;1-10H;1-10,19H;1-8H3;1-7H;1-3H. The Bertz CT molecular complexity index is 7060.